The number of phosphoric acid groups is 2. The summed E-state index contributed by atoms with van der Waals surface area (Å²) in [5.74, 6) is 0.667. The summed E-state index contributed by atoms with van der Waals surface area (Å²) in [6.45, 7) is 0. The van der Waals surface area contributed by atoms with Crippen LogP contribution in [0.5, 0.6) is 34.5 Å². The largest absolute Gasteiger partial charge is 0.647 e. The topological polar surface area (TPSA) is 124 Å². The van der Waals surface area contributed by atoms with E-state index < -0.39 is 25.5 Å². The molecule has 248 valence electrons. The number of rotatable bonds is 14. The van der Waals surface area contributed by atoms with Crippen LogP contribution in [-0.4, -0.2) is 8.42 Å². The molecular formula is C36H28O10P2S. The number of hydrogen-bond donors (Lipinski definition) is 0. The summed E-state index contributed by atoms with van der Waals surface area (Å²) >= 11 is 0. The van der Waals surface area contributed by atoms with Gasteiger partial charge in [-0.2, -0.15) is 9.13 Å². The van der Waals surface area contributed by atoms with Gasteiger partial charge in [-0.25, -0.2) is 8.42 Å². The van der Waals surface area contributed by atoms with Crippen LogP contribution in [0.3, 0.4) is 0 Å². The van der Waals surface area contributed by atoms with Crippen LogP contribution in [0.4, 0.5) is 0 Å². The van der Waals surface area contributed by atoms with Crippen LogP contribution in [0.2, 0.25) is 0 Å². The predicted molar refractivity (Wildman–Crippen MR) is 183 cm³/mol. The highest BCUT2D eigenvalue weighted by atomic mass is 32.2. The molecule has 0 aliphatic carbocycles. The van der Waals surface area contributed by atoms with Crippen molar-refractivity contribution < 1.29 is 44.7 Å². The van der Waals surface area contributed by atoms with Crippen LogP contribution in [0.15, 0.2) is 180 Å². The van der Waals surface area contributed by atoms with Crippen LogP contribution < -0.4 is 27.1 Å². The van der Waals surface area contributed by atoms with Gasteiger partial charge in [0.05, 0.1) is 9.79 Å². The second-order valence-corrected chi connectivity index (χ2v) is 15.0. The monoisotopic (exact) mass is 714 g/mol. The van der Waals surface area contributed by atoms with E-state index in [9.17, 15) is 17.5 Å². The van der Waals surface area contributed by atoms with Crippen LogP contribution in [-0.2, 0) is 19.0 Å². The second-order valence-electron chi connectivity index (χ2n) is 10.1. The number of sulfone groups is 1. The van der Waals surface area contributed by atoms with E-state index >= 15 is 0 Å². The Bertz CT molecular complexity index is 1960. The van der Waals surface area contributed by atoms with Gasteiger partial charge in [0.2, 0.25) is 9.84 Å². The lowest BCUT2D eigenvalue weighted by Crippen LogP contribution is -2.09. The van der Waals surface area contributed by atoms with Gasteiger partial charge in [-0.1, -0.05) is 84.9 Å². The molecule has 0 radical (unpaired) electrons. The number of hydrogen-bond acceptors (Lipinski definition) is 10. The summed E-state index contributed by atoms with van der Waals surface area (Å²) in [5.41, 5.74) is 0. The van der Waals surface area contributed by atoms with Crippen molar-refractivity contribution in [2.75, 3.05) is 0 Å². The lowest BCUT2D eigenvalue weighted by Gasteiger charge is -2.20. The minimum Gasteiger partial charge on any atom is -0.386 e. The molecule has 0 atom stereocenters. The van der Waals surface area contributed by atoms with E-state index in [-0.39, 0.29) is 44.3 Å². The molecule has 10 nitrogen and oxygen atoms in total. The van der Waals surface area contributed by atoms with Crippen molar-refractivity contribution in [2.45, 2.75) is 9.79 Å². The molecule has 49 heavy (non-hydrogen) atoms. The highest BCUT2D eigenvalue weighted by molar-refractivity contribution is 7.91. The lowest BCUT2D eigenvalue weighted by molar-refractivity contribution is 0.296. The van der Waals surface area contributed by atoms with E-state index in [0.29, 0.717) is 0 Å². The molecule has 0 unspecified atom stereocenters. The average molecular weight is 715 g/mol. The van der Waals surface area contributed by atoms with E-state index in [2.05, 4.69) is 0 Å². The van der Waals surface area contributed by atoms with E-state index in [1.54, 1.807) is 121 Å². The molecule has 0 saturated heterocycles. The number of phosphoric ester groups is 2. The fraction of sp³-hybridized carbons (Fsp3) is 0. The predicted octanol–water partition coefficient (Wildman–Crippen LogP) is 9.81. The van der Waals surface area contributed by atoms with E-state index in [1.807, 2.05) is 0 Å². The smallest absolute Gasteiger partial charge is 0.386 e. The SMILES string of the molecule is O=P(Oc1ccccc1)(Oc1ccccc1)Oc1cccc(S(=O)(=O)c2cccc(OP(=O)(Oc3ccccc3)Oc3ccccc3)c2)c1. The maximum Gasteiger partial charge on any atom is 0.647 e. The first-order chi connectivity index (χ1) is 23.7. The van der Waals surface area contributed by atoms with E-state index in [0.717, 1.165) is 0 Å². The Morgan fingerprint density at radius 1 is 0.327 bits per heavy atom. The molecule has 0 amide bonds. The molecule has 0 fully saturated rings. The maximum atomic E-state index is 13.9. The summed E-state index contributed by atoms with van der Waals surface area (Å²) in [7, 11) is -13.0. The highest BCUT2D eigenvalue weighted by Gasteiger charge is 2.35. The Morgan fingerprint density at radius 2 is 0.571 bits per heavy atom. The quantitative estimate of drug-likeness (QED) is 0.101. The molecule has 6 rings (SSSR count). The lowest BCUT2D eigenvalue weighted by atomic mass is 10.3. The van der Waals surface area contributed by atoms with Crippen LogP contribution in [0, 0.1) is 0 Å². The first kappa shape index (κ1) is 33.4. The van der Waals surface area contributed by atoms with Crippen molar-refractivity contribution in [3.63, 3.8) is 0 Å². The first-order valence-corrected chi connectivity index (χ1v) is 19.1. The summed E-state index contributed by atoms with van der Waals surface area (Å²) in [5, 5.41) is 0. The van der Waals surface area contributed by atoms with Gasteiger partial charge in [-0.3, -0.25) is 0 Å². The molecule has 0 bridgehead atoms. The third-order valence-electron chi connectivity index (χ3n) is 6.51. The fourth-order valence-electron chi connectivity index (χ4n) is 4.34. The van der Waals surface area contributed by atoms with Gasteiger partial charge in [0.1, 0.15) is 34.5 Å². The molecular weight excluding hydrogens is 686 g/mol. The van der Waals surface area contributed by atoms with Gasteiger partial charge in [-0.15, -0.1) is 0 Å². The zero-order chi connectivity index (χ0) is 34.2. The summed E-state index contributed by atoms with van der Waals surface area (Å²) in [6, 6.07) is 43.9. The van der Waals surface area contributed by atoms with Crippen molar-refractivity contribution in [3.8, 4) is 34.5 Å². The van der Waals surface area contributed by atoms with Crippen molar-refractivity contribution in [1.82, 2.24) is 0 Å². The average Bonchev–Trinajstić information content (AvgIpc) is 3.10. The zero-order valence-electron chi connectivity index (χ0n) is 25.6. The Labute approximate surface area is 283 Å². The van der Waals surface area contributed by atoms with Gasteiger partial charge >= 0.3 is 15.6 Å². The minimum atomic E-state index is -4.39. The Hall–Kier alpha value is -5.47. The fourth-order valence-corrected chi connectivity index (χ4v) is 8.16. The molecule has 13 heteroatoms. The Morgan fingerprint density at radius 3 is 0.857 bits per heavy atom. The summed E-state index contributed by atoms with van der Waals surface area (Å²) in [6.07, 6.45) is 0. The molecule has 0 N–H and O–H groups in total. The van der Waals surface area contributed by atoms with Crippen LogP contribution >= 0.6 is 15.6 Å². The van der Waals surface area contributed by atoms with Crippen LogP contribution in [0.1, 0.15) is 0 Å². The van der Waals surface area contributed by atoms with Crippen LogP contribution in [0.25, 0.3) is 0 Å². The van der Waals surface area contributed by atoms with Gasteiger partial charge in [-0.05, 0) is 84.9 Å². The van der Waals surface area contributed by atoms with Crippen molar-refractivity contribution in [1.29, 1.82) is 0 Å². The normalized spacial score (nSPS) is 11.6. The Kier molecular flexibility index (Phi) is 10.1. The van der Waals surface area contributed by atoms with Gasteiger partial charge in [0.15, 0.2) is 0 Å². The minimum absolute atomic E-state index is 0.0966. The molecule has 0 aliphatic heterocycles. The molecule has 6 aromatic rings. The van der Waals surface area contributed by atoms with Gasteiger partial charge < -0.3 is 27.1 Å². The highest BCUT2D eigenvalue weighted by Crippen LogP contribution is 2.51. The molecule has 0 saturated carbocycles. The summed E-state index contributed by atoms with van der Waals surface area (Å²) < 4.78 is 89.7. The standard InChI is InChI=1S/C36H28O10P2S/c37-47(41-29-15-5-1-6-16-29,42-30-17-7-2-8-18-30)45-33-23-13-25-35(27-33)49(39,40)36-26-14-24-34(28-36)46-48(38,43-31-19-9-3-10-20-31)44-32-21-11-4-12-22-32/h1-28H. The molecule has 6 aromatic carbocycles. The number of para-hydroxylation sites is 4. The number of benzene rings is 6. The second kappa shape index (κ2) is 14.7. The Balaban J connectivity index is 1.27. The van der Waals surface area contributed by atoms with Crippen molar-refractivity contribution >= 4 is 25.5 Å². The van der Waals surface area contributed by atoms with Gasteiger partial charge in [0.25, 0.3) is 0 Å². The third kappa shape index (κ3) is 8.91. The maximum absolute atomic E-state index is 13.9. The zero-order valence-corrected chi connectivity index (χ0v) is 28.2. The third-order valence-corrected chi connectivity index (χ3v) is 10.9. The van der Waals surface area contributed by atoms with Gasteiger partial charge in [0, 0.05) is 0 Å². The molecule has 0 aliphatic rings. The molecule has 0 aromatic heterocycles. The molecule has 0 spiro atoms. The molecule has 0 heterocycles. The van der Waals surface area contributed by atoms with Crippen molar-refractivity contribution in [2.24, 2.45) is 0 Å². The van der Waals surface area contributed by atoms with Crippen molar-refractivity contribution in [3.05, 3.63) is 170 Å². The first-order valence-electron chi connectivity index (χ1n) is 14.7. The van der Waals surface area contributed by atoms with E-state index in [4.69, 9.17) is 27.1 Å². The summed E-state index contributed by atoms with van der Waals surface area (Å²) in [4.78, 5) is -0.394. The van der Waals surface area contributed by atoms with E-state index in [1.165, 1.54) is 48.5 Å².